The summed E-state index contributed by atoms with van der Waals surface area (Å²) in [5, 5.41) is 1.29. The van der Waals surface area contributed by atoms with Crippen molar-refractivity contribution in [2.24, 2.45) is 0 Å². The van der Waals surface area contributed by atoms with Crippen molar-refractivity contribution in [2.45, 2.75) is 6.92 Å². The van der Waals surface area contributed by atoms with Crippen molar-refractivity contribution in [2.75, 3.05) is 6.61 Å². The van der Waals surface area contributed by atoms with Crippen LogP contribution in [0.1, 0.15) is 8.29 Å². The Morgan fingerprint density at radius 3 is 2.78 bits per heavy atom. The molecule has 0 atom stereocenters. The summed E-state index contributed by atoms with van der Waals surface area (Å²) in [5.74, 6) is -0.893. The average Bonchev–Trinajstić information content (AvgIpc) is 2.78. The lowest BCUT2D eigenvalue weighted by atomic mass is 10.1. The van der Waals surface area contributed by atoms with Crippen LogP contribution in [0.2, 0.25) is 0 Å². The van der Waals surface area contributed by atoms with Crippen molar-refractivity contribution in [3.8, 4) is 5.75 Å². The summed E-state index contributed by atoms with van der Waals surface area (Å²) < 4.78 is 41.5. The normalized spacial score (nSPS) is 12.1. The molecule has 92 valence electrons. The van der Waals surface area contributed by atoms with E-state index in [1.807, 2.05) is 0 Å². The summed E-state index contributed by atoms with van der Waals surface area (Å²) in [5.41, 5.74) is 0. The lowest BCUT2D eigenvalue weighted by Gasteiger charge is -2.04. The minimum absolute atomic E-state index is 0.174. The van der Waals surface area contributed by atoms with E-state index in [9.17, 15) is 8.78 Å². The second-order valence-corrected chi connectivity index (χ2v) is 4.84. The summed E-state index contributed by atoms with van der Waals surface area (Å²) in [6.45, 7) is 2.15. The van der Waals surface area contributed by atoms with Gasteiger partial charge in [-0.3, -0.25) is 0 Å². The van der Waals surface area contributed by atoms with E-state index < -0.39 is 11.6 Å². The number of ether oxygens (including phenoxy) is 1. The third-order valence-corrected chi connectivity index (χ3v) is 3.97. The Kier molecular flexibility index (Phi) is 2.40. The van der Waals surface area contributed by atoms with E-state index in [0.717, 1.165) is 11.3 Å². The van der Waals surface area contributed by atoms with Crippen molar-refractivity contribution in [3.63, 3.8) is 0 Å². The molecule has 0 fully saturated rings. The Bertz CT molecular complexity index is 782. The lowest BCUT2D eigenvalue weighted by Crippen LogP contribution is -1.93. The summed E-state index contributed by atoms with van der Waals surface area (Å²) >= 11 is 1.02. The van der Waals surface area contributed by atoms with Gasteiger partial charge in [-0.2, -0.15) is 0 Å². The molecule has 0 saturated heterocycles. The van der Waals surface area contributed by atoms with Crippen molar-refractivity contribution < 1.29 is 14.9 Å². The summed E-state index contributed by atoms with van der Waals surface area (Å²) in [6, 6.07) is 6.15. The molecule has 0 amide bonds. The predicted octanol–water partition coefficient (Wildman–Crippen LogP) is 4.73. The van der Waals surface area contributed by atoms with Crippen molar-refractivity contribution in [1.82, 2.24) is 0 Å². The minimum atomic E-state index is -0.601. The lowest BCUT2D eigenvalue weighted by molar-refractivity contribution is 0.323. The largest absolute Gasteiger partial charge is 0.491 e. The maximum Gasteiger partial charge on any atom is 0.182 e. The van der Waals surface area contributed by atoms with Gasteiger partial charge in [0, 0.05) is 10.8 Å². The molecule has 4 heteroatoms. The molecule has 2 aromatic carbocycles. The number of halogens is 2. The predicted molar refractivity (Wildman–Crippen MR) is 70.4 cm³/mol. The maximum atomic E-state index is 14.2. The average molecular weight is 265 g/mol. The number of thiophene rings is 1. The van der Waals surface area contributed by atoms with Crippen LogP contribution in [-0.4, -0.2) is 6.61 Å². The molecule has 3 rings (SSSR count). The van der Waals surface area contributed by atoms with Gasteiger partial charge in [-0.05, 0) is 25.1 Å². The molecule has 0 spiro atoms. The Morgan fingerprint density at radius 2 is 2.00 bits per heavy atom. The SMILES string of the molecule is [2H]c1ccc2c(sc3c(F)c(OCC)ccc32)c1F. The Morgan fingerprint density at radius 1 is 1.22 bits per heavy atom. The highest BCUT2D eigenvalue weighted by atomic mass is 32.1. The first-order chi connectivity index (χ1) is 9.13. The first-order valence-electron chi connectivity index (χ1n) is 6.06. The van der Waals surface area contributed by atoms with E-state index in [1.54, 1.807) is 25.1 Å². The van der Waals surface area contributed by atoms with Crippen LogP contribution in [0, 0.1) is 11.6 Å². The molecule has 0 bridgehead atoms. The van der Waals surface area contributed by atoms with Gasteiger partial charge in [0.25, 0.3) is 0 Å². The molecule has 0 aliphatic carbocycles. The molecule has 0 aliphatic heterocycles. The fourth-order valence-electron chi connectivity index (χ4n) is 1.99. The molecule has 1 nitrogen and oxygen atoms in total. The standard InChI is InChI=1S/C14H10F2OS/c1-2-17-11-7-6-9-8-4-3-5-10(15)13(8)18-14(9)12(11)16/h3-7H,2H2,1H3/i5D. The number of rotatable bonds is 2. The highest BCUT2D eigenvalue weighted by Crippen LogP contribution is 2.39. The zero-order valence-electron chi connectivity index (χ0n) is 10.6. The number of fused-ring (bicyclic) bond motifs is 3. The number of benzene rings is 2. The van der Waals surface area contributed by atoms with Crippen LogP contribution in [0.4, 0.5) is 8.78 Å². The Hall–Kier alpha value is -1.68. The first-order valence-corrected chi connectivity index (χ1v) is 6.37. The van der Waals surface area contributed by atoms with Gasteiger partial charge in [0.1, 0.15) is 5.82 Å². The van der Waals surface area contributed by atoms with Gasteiger partial charge in [0.2, 0.25) is 0 Å². The van der Waals surface area contributed by atoms with Gasteiger partial charge >= 0.3 is 0 Å². The molecule has 3 aromatic rings. The van der Waals surface area contributed by atoms with Crippen LogP contribution >= 0.6 is 11.3 Å². The summed E-state index contributed by atoms with van der Waals surface area (Å²) in [7, 11) is 0. The van der Waals surface area contributed by atoms with Crippen molar-refractivity contribution >= 4 is 31.5 Å². The smallest absolute Gasteiger partial charge is 0.182 e. The molecule has 0 N–H and O–H groups in total. The Balaban J connectivity index is 2.39. The monoisotopic (exact) mass is 265 g/mol. The molecule has 18 heavy (non-hydrogen) atoms. The molecule has 1 aromatic heterocycles. The van der Waals surface area contributed by atoms with Crippen molar-refractivity contribution in [3.05, 3.63) is 41.9 Å². The quantitative estimate of drug-likeness (QED) is 0.650. The van der Waals surface area contributed by atoms with E-state index >= 15 is 0 Å². The second-order valence-electron chi connectivity index (χ2n) is 3.82. The third kappa shape index (κ3) is 1.56. The maximum absolute atomic E-state index is 14.2. The molecule has 0 radical (unpaired) electrons. The highest BCUT2D eigenvalue weighted by Gasteiger charge is 2.15. The fourth-order valence-corrected chi connectivity index (χ4v) is 3.11. The number of hydrogen-bond donors (Lipinski definition) is 0. The summed E-state index contributed by atoms with van der Waals surface area (Å²) in [4.78, 5) is 0. The first kappa shape index (κ1) is 10.3. The summed E-state index contributed by atoms with van der Waals surface area (Å²) in [6.07, 6.45) is 0. The third-order valence-electron chi connectivity index (χ3n) is 2.76. The fraction of sp³-hybridized carbons (Fsp3) is 0.143. The van der Waals surface area contributed by atoms with Gasteiger partial charge in [0.15, 0.2) is 11.6 Å². The molecular weight excluding hydrogens is 254 g/mol. The molecular formula is C14H10F2OS. The zero-order chi connectivity index (χ0) is 13.6. The van der Waals surface area contributed by atoms with Crippen LogP contribution in [0.5, 0.6) is 5.75 Å². The van der Waals surface area contributed by atoms with Gasteiger partial charge in [-0.25, -0.2) is 8.78 Å². The van der Waals surface area contributed by atoms with Crippen molar-refractivity contribution in [1.29, 1.82) is 0 Å². The highest BCUT2D eigenvalue weighted by molar-refractivity contribution is 7.25. The molecule has 0 aliphatic rings. The molecule has 1 heterocycles. The topological polar surface area (TPSA) is 9.23 Å². The Labute approximate surface area is 108 Å². The van der Waals surface area contributed by atoms with Gasteiger partial charge < -0.3 is 4.74 Å². The number of hydrogen-bond acceptors (Lipinski definition) is 2. The van der Waals surface area contributed by atoms with E-state index in [2.05, 4.69) is 0 Å². The van der Waals surface area contributed by atoms with Gasteiger partial charge in [-0.15, -0.1) is 11.3 Å². The van der Waals surface area contributed by atoms with Crippen LogP contribution < -0.4 is 4.74 Å². The van der Waals surface area contributed by atoms with Crippen LogP contribution in [-0.2, 0) is 0 Å². The molecule has 0 unspecified atom stereocenters. The van der Waals surface area contributed by atoms with Gasteiger partial charge in [0.05, 0.1) is 17.4 Å². The van der Waals surface area contributed by atoms with E-state index in [0.29, 0.717) is 26.8 Å². The van der Waals surface area contributed by atoms with Gasteiger partial charge in [-0.1, -0.05) is 12.1 Å². The zero-order valence-corrected chi connectivity index (χ0v) is 10.4. The second kappa shape index (κ2) is 4.21. The van der Waals surface area contributed by atoms with Crippen LogP contribution in [0.15, 0.2) is 30.3 Å². The minimum Gasteiger partial charge on any atom is -0.491 e. The van der Waals surface area contributed by atoms with Crippen LogP contribution in [0.3, 0.4) is 0 Å². The van der Waals surface area contributed by atoms with E-state index in [4.69, 9.17) is 6.11 Å². The molecule has 0 saturated carbocycles. The van der Waals surface area contributed by atoms with E-state index in [1.165, 1.54) is 6.07 Å². The van der Waals surface area contributed by atoms with Crippen LogP contribution in [0.25, 0.3) is 20.2 Å². The van der Waals surface area contributed by atoms with E-state index in [-0.39, 0.29) is 11.8 Å².